The molecule has 1 aromatic carbocycles. The van der Waals surface area contributed by atoms with E-state index in [4.69, 9.17) is 9.84 Å². The molecule has 19 heavy (non-hydrogen) atoms. The lowest BCUT2D eigenvalue weighted by molar-refractivity contribution is 0.0507. The van der Waals surface area contributed by atoms with E-state index in [1.54, 1.807) is 39.8 Å². The van der Waals surface area contributed by atoms with Crippen molar-refractivity contribution < 1.29 is 19.4 Å². The Morgan fingerprint density at radius 1 is 1.32 bits per heavy atom. The summed E-state index contributed by atoms with van der Waals surface area (Å²) in [6.07, 6.45) is -0.527. The molecule has 1 rings (SSSR count). The Bertz CT molecular complexity index is 477. The summed E-state index contributed by atoms with van der Waals surface area (Å²) in [6.45, 7) is 7.11. The first-order valence-corrected chi connectivity index (χ1v) is 6.02. The molecule has 0 aliphatic carbocycles. The van der Waals surface area contributed by atoms with Crippen LogP contribution in [0.25, 0.3) is 0 Å². The minimum Gasteiger partial charge on any atom is -0.478 e. The van der Waals surface area contributed by atoms with Crippen LogP contribution in [0.3, 0.4) is 0 Å². The number of amides is 1. The van der Waals surface area contributed by atoms with Crippen LogP contribution in [0.5, 0.6) is 0 Å². The van der Waals surface area contributed by atoms with E-state index in [-0.39, 0.29) is 11.6 Å². The molecule has 0 fully saturated rings. The smallest absolute Gasteiger partial charge is 0.408 e. The number of carboxylic acid groups (broad SMARTS) is 1. The molecule has 0 heterocycles. The largest absolute Gasteiger partial charge is 0.478 e. The van der Waals surface area contributed by atoms with E-state index in [1.807, 2.05) is 0 Å². The number of benzene rings is 1. The maximum absolute atomic E-state index is 11.6. The Balaban J connectivity index is 2.73. The van der Waals surface area contributed by atoms with Crippen LogP contribution in [-0.4, -0.2) is 22.8 Å². The Kier molecular flexibility index (Phi) is 4.53. The molecule has 0 radical (unpaired) electrons. The fourth-order valence-corrected chi connectivity index (χ4v) is 1.51. The van der Waals surface area contributed by atoms with Crippen molar-refractivity contribution in [3.63, 3.8) is 0 Å². The zero-order chi connectivity index (χ0) is 14.6. The average molecular weight is 265 g/mol. The summed E-state index contributed by atoms with van der Waals surface area (Å²) in [7, 11) is 0. The van der Waals surface area contributed by atoms with Crippen molar-refractivity contribution in [2.75, 3.05) is 0 Å². The lowest BCUT2D eigenvalue weighted by Crippen LogP contribution is -2.34. The highest BCUT2D eigenvalue weighted by Gasteiger charge is 2.18. The first kappa shape index (κ1) is 15.0. The van der Waals surface area contributed by atoms with Gasteiger partial charge in [-0.1, -0.05) is 12.1 Å². The highest BCUT2D eigenvalue weighted by molar-refractivity contribution is 5.87. The minimum absolute atomic E-state index is 0.190. The maximum atomic E-state index is 11.6. The lowest BCUT2D eigenvalue weighted by atomic mass is 10.1. The van der Waals surface area contributed by atoms with Crippen molar-refractivity contribution >= 4 is 12.1 Å². The molecule has 0 aliphatic rings. The summed E-state index contributed by atoms with van der Waals surface area (Å²) in [5.74, 6) is -0.994. The summed E-state index contributed by atoms with van der Waals surface area (Å²) in [5, 5.41) is 11.6. The van der Waals surface area contributed by atoms with E-state index < -0.39 is 17.7 Å². The minimum atomic E-state index is -0.994. The Hall–Kier alpha value is -2.04. The number of nitrogens with one attached hydrogen (secondary N) is 1. The van der Waals surface area contributed by atoms with Crippen LogP contribution < -0.4 is 5.32 Å². The standard InChI is InChI=1S/C14H19NO4/c1-9(15-13(18)19-14(2,3)4)10-6-5-7-11(8-10)12(16)17/h5-9H,1-4H3,(H,15,18)(H,16,17). The highest BCUT2D eigenvalue weighted by atomic mass is 16.6. The normalized spacial score (nSPS) is 12.6. The predicted molar refractivity (Wildman–Crippen MR) is 71.2 cm³/mol. The van der Waals surface area contributed by atoms with Gasteiger partial charge < -0.3 is 15.2 Å². The van der Waals surface area contributed by atoms with Gasteiger partial charge in [-0.05, 0) is 45.4 Å². The maximum Gasteiger partial charge on any atom is 0.408 e. The van der Waals surface area contributed by atoms with Crippen LogP contribution in [0.15, 0.2) is 24.3 Å². The molecule has 0 saturated heterocycles. The van der Waals surface area contributed by atoms with E-state index in [2.05, 4.69) is 5.32 Å². The van der Waals surface area contributed by atoms with E-state index >= 15 is 0 Å². The van der Waals surface area contributed by atoms with Gasteiger partial charge in [0.1, 0.15) is 5.60 Å². The fourth-order valence-electron chi connectivity index (χ4n) is 1.51. The third-order valence-electron chi connectivity index (χ3n) is 2.37. The Labute approximate surface area is 112 Å². The van der Waals surface area contributed by atoms with E-state index in [1.165, 1.54) is 12.1 Å². The van der Waals surface area contributed by atoms with Crippen molar-refractivity contribution in [1.29, 1.82) is 0 Å². The SMILES string of the molecule is CC(NC(=O)OC(C)(C)C)c1cccc(C(=O)O)c1. The number of hydrogen-bond donors (Lipinski definition) is 2. The van der Waals surface area contributed by atoms with Crippen LogP contribution in [0.1, 0.15) is 49.7 Å². The van der Waals surface area contributed by atoms with Crippen molar-refractivity contribution in [1.82, 2.24) is 5.32 Å². The van der Waals surface area contributed by atoms with Crippen molar-refractivity contribution in [2.45, 2.75) is 39.3 Å². The molecule has 1 atom stereocenters. The van der Waals surface area contributed by atoms with Crippen LogP contribution in [-0.2, 0) is 4.74 Å². The Morgan fingerprint density at radius 2 is 1.95 bits per heavy atom. The van der Waals surface area contributed by atoms with Crippen LogP contribution in [0.2, 0.25) is 0 Å². The van der Waals surface area contributed by atoms with Gasteiger partial charge in [-0.25, -0.2) is 9.59 Å². The zero-order valence-electron chi connectivity index (χ0n) is 11.6. The summed E-state index contributed by atoms with van der Waals surface area (Å²) < 4.78 is 5.14. The van der Waals surface area contributed by atoms with Gasteiger partial charge in [0.05, 0.1) is 11.6 Å². The molecule has 104 valence electrons. The number of hydrogen-bond acceptors (Lipinski definition) is 3. The molecule has 1 unspecified atom stereocenters. The molecule has 0 bridgehead atoms. The van der Waals surface area contributed by atoms with E-state index in [0.29, 0.717) is 5.56 Å². The van der Waals surface area contributed by atoms with Crippen LogP contribution in [0, 0.1) is 0 Å². The summed E-state index contributed by atoms with van der Waals surface area (Å²) >= 11 is 0. The number of rotatable bonds is 3. The molecule has 5 nitrogen and oxygen atoms in total. The number of aromatic carboxylic acids is 1. The first-order valence-electron chi connectivity index (χ1n) is 6.02. The zero-order valence-corrected chi connectivity index (χ0v) is 11.6. The molecule has 0 aliphatic heterocycles. The summed E-state index contributed by atoms with van der Waals surface area (Å²) in [5.41, 5.74) is 0.341. The highest BCUT2D eigenvalue weighted by Crippen LogP contribution is 2.15. The summed E-state index contributed by atoms with van der Waals surface area (Å²) in [6, 6.07) is 6.12. The van der Waals surface area contributed by atoms with Gasteiger partial charge in [0.2, 0.25) is 0 Å². The third-order valence-corrected chi connectivity index (χ3v) is 2.37. The second-order valence-corrected chi connectivity index (χ2v) is 5.30. The van der Waals surface area contributed by atoms with Gasteiger partial charge in [0.15, 0.2) is 0 Å². The molecular formula is C14H19NO4. The quantitative estimate of drug-likeness (QED) is 0.881. The molecule has 2 N–H and O–H groups in total. The van der Waals surface area contributed by atoms with Gasteiger partial charge in [-0.3, -0.25) is 0 Å². The molecule has 5 heteroatoms. The Morgan fingerprint density at radius 3 is 2.47 bits per heavy atom. The van der Waals surface area contributed by atoms with Crippen molar-refractivity contribution in [3.05, 3.63) is 35.4 Å². The lowest BCUT2D eigenvalue weighted by Gasteiger charge is -2.22. The van der Waals surface area contributed by atoms with Gasteiger partial charge in [0, 0.05) is 0 Å². The number of carboxylic acids is 1. The van der Waals surface area contributed by atoms with E-state index in [9.17, 15) is 9.59 Å². The van der Waals surface area contributed by atoms with Crippen molar-refractivity contribution in [3.8, 4) is 0 Å². The molecule has 0 aromatic heterocycles. The van der Waals surface area contributed by atoms with Crippen LogP contribution in [0.4, 0.5) is 4.79 Å². The molecule has 1 aromatic rings. The third kappa shape index (κ3) is 4.99. The molecule has 0 spiro atoms. The fraction of sp³-hybridized carbons (Fsp3) is 0.429. The molecule has 1 amide bonds. The van der Waals surface area contributed by atoms with E-state index in [0.717, 1.165) is 0 Å². The van der Waals surface area contributed by atoms with Gasteiger partial charge in [-0.15, -0.1) is 0 Å². The number of carbonyl (C=O) groups is 2. The molecular weight excluding hydrogens is 246 g/mol. The monoisotopic (exact) mass is 265 g/mol. The predicted octanol–water partition coefficient (Wildman–Crippen LogP) is 2.97. The summed E-state index contributed by atoms with van der Waals surface area (Å²) in [4.78, 5) is 22.5. The number of alkyl carbamates (subject to hydrolysis) is 1. The second kappa shape index (κ2) is 5.73. The topological polar surface area (TPSA) is 75.6 Å². The van der Waals surface area contributed by atoms with Gasteiger partial charge in [0.25, 0.3) is 0 Å². The second-order valence-electron chi connectivity index (χ2n) is 5.30. The number of ether oxygens (including phenoxy) is 1. The van der Waals surface area contributed by atoms with Gasteiger partial charge >= 0.3 is 12.1 Å². The van der Waals surface area contributed by atoms with Crippen molar-refractivity contribution in [2.24, 2.45) is 0 Å². The molecule has 0 saturated carbocycles. The van der Waals surface area contributed by atoms with Gasteiger partial charge in [-0.2, -0.15) is 0 Å². The van der Waals surface area contributed by atoms with Crippen LogP contribution >= 0.6 is 0 Å². The number of carbonyl (C=O) groups excluding carboxylic acids is 1. The average Bonchev–Trinajstić information content (AvgIpc) is 2.26. The first-order chi connectivity index (χ1) is 8.69.